The van der Waals surface area contributed by atoms with Crippen LogP contribution < -0.4 is 10.5 Å². The van der Waals surface area contributed by atoms with Crippen LogP contribution in [0.1, 0.15) is 30.5 Å². The SMILES string of the molecule is CC[C@@H](N)c1ccc(OCc2ccc(F)cc2Br)cc1. The molecule has 20 heavy (non-hydrogen) atoms. The summed E-state index contributed by atoms with van der Waals surface area (Å²) in [6, 6.07) is 12.4. The van der Waals surface area contributed by atoms with E-state index in [1.54, 1.807) is 6.07 Å². The molecule has 2 N–H and O–H groups in total. The Bertz CT molecular complexity index is 571. The van der Waals surface area contributed by atoms with Crippen molar-refractivity contribution in [1.82, 2.24) is 0 Å². The van der Waals surface area contributed by atoms with E-state index >= 15 is 0 Å². The van der Waals surface area contributed by atoms with E-state index in [-0.39, 0.29) is 11.9 Å². The molecule has 4 heteroatoms. The topological polar surface area (TPSA) is 35.2 Å². The van der Waals surface area contributed by atoms with E-state index in [9.17, 15) is 4.39 Å². The summed E-state index contributed by atoms with van der Waals surface area (Å²) in [6.45, 7) is 2.45. The van der Waals surface area contributed by atoms with Crippen LogP contribution >= 0.6 is 15.9 Å². The van der Waals surface area contributed by atoms with Crippen LogP contribution in [0.2, 0.25) is 0 Å². The Morgan fingerprint density at radius 1 is 1.20 bits per heavy atom. The second kappa shape index (κ2) is 6.86. The highest BCUT2D eigenvalue weighted by Gasteiger charge is 2.05. The van der Waals surface area contributed by atoms with Gasteiger partial charge in [-0.2, -0.15) is 0 Å². The third-order valence-electron chi connectivity index (χ3n) is 3.16. The maximum absolute atomic E-state index is 13.0. The van der Waals surface area contributed by atoms with Crippen molar-refractivity contribution in [3.63, 3.8) is 0 Å². The quantitative estimate of drug-likeness (QED) is 0.866. The summed E-state index contributed by atoms with van der Waals surface area (Å²) in [5, 5.41) is 0. The van der Waals surface area contributed by atoms with Gasteiger partial charge in [0.15, 0.2) is 0 Å². The van der Waals surface area contributed by atoms with E-state index in [0.717, 1.165) is 23.3 Å². The minimum atomic E-state index is -0.265. The van der Waals surface area contributed by atoms with Crippen LogP contribution in [0.25, 0.3) is 0 Å². The van der Waals surface area contributed by atoms with Gasteiger partial charge in [0.25, 0.3) is 0 Å². The molecule has 0 bridgehead atoms. The van der Waals surface area contributed by atoms with Crippen molar-refractivity contribution < 1.29 is 9.13 Å². The Labute approximate surface area is 126 Å². The molecule has 2 aromatic carbocycles. The van der Waals surface area contributed by atoms with E-state index < -0.39 is 0 Å². The number of hydrogen-bond donors (Lipinski definition) is 1. The Balaban J connectivity index is 2.00. The maximum Gasteiger partial charge on any atom is 0.124 e. The molecule has 0 aliphatic carbocycles. The van der Waals surface area contributed by atoms with E-state index in [1.807, 2.05) is 24.3 Å². The fourth-order valence-corrected chi connectivity index (χ4v) is 2.31. The highest BCUT2D eigenvalue weighted by atomic mass is 79.9. The van der Waals surface area contributed by atoms with Crippen LogP contribution in [0.15, 0.2) is 46.9 Å². The van der Waals surface area contributed by atoms with E-state index in [0.29, 0.717) is 11.1 Å². The van der Waals surface area contributed by atoms with E-state index in [1.165, 1.54) is 12.1 Å². The van der Waals surface area contributed by atoms with Crippen molar-refractivity contribution in [1.29, 1.82) is 0 Å². The van der Waals surface area contributed by atoms with Gasteiger partial charge in [0, 0.05) is 16.1 Å². The third kappa shape index (κ3) is 3.81. The summed E-state index contributed by atoms with van der Waals surface area (Å²) in [4.78, 5) is 0. The lowest BCUT2D eigenvalue weighted by atomic mass is 10.1. The molecule has 2 aromatic rings. The van der Waals surface area contributed by atoms with Crippen molar-refractivity contribution in [2.24, 2.45) is 5.73 Å². The Kier molecular flexibility index (Phi) is 5.15. The highest BCUT2D eigenvalue weighted by molar-refractivity contribution is 9.10. The second-order valence-corrected chi connectivity index (χ2v) is 5.46. The Morgan fingerprint density at radius 3 is 2.50 bits per heavy atom. The zero-order chi connectivity index (χ0) is 14.5. The summed E-state index contributed by atoms with van der Waals surface area (Å²) in [5.41, 5.74) is 7.96. The standard InChI is InChI=1S/C16H17BrFNO/c1-2-16(19)11-4-7-14(8-5-11)20-10-12-3-6-13(18)9-15(12)17/h3-9,16H,2,10,19H2,1H3/t16-/m1/s1. The Morgan fingerprint density at radius 2 is 1.90 bits per heavy atom. The summed E-state index contributed by atoms with van der Waals surface area (Å²) in [7, 11) is 0. The van der Waals surface area contributed by atoms with Gasteiger partial charge in [0.1, 0.15) is 18.2 Å². The highest BCUT2D eigenvalue weighted by Crippen LogP contribution is 2.22. The first-order chi connectivity index (χ1) is 9.60. The lowest BCUT2D eigenvalue weighted by molar-refractivity contribution is 0.305. The van der Waals surface area contributed by atoms with Crippen LogP contribution in [-0.2, 0) is 6.61 Å². The summed E-state index contributed by atoms with van der Waals surface area (Å²) in [5.74, 6) is 0.506. The lowest BCUT2D eigenvalue weighted by Gasteiger charge is -2.11. The summed E-state index contributed by atoms with van der Waals surface area (Å²) >= 11 is 3.32. The van der Waals surface area contributed by atoms with Gasteiger partial charge in [-0.15, -0.1) is 0 Å². The number of nitrogens with two attached hydrogens (primary N) is 1. The normalized spacial score (nSPS) is 12.2. The number of benzene rings is 2. The minimum Gasteiger partial charge on any atom is -0.489 e. The molecule has 0 aromatic heterocycles. The molecule has 2 rings (SSSR count). The third-order valence-corrected chi connectivity index (χ3v) is 3.90. The molecule has 0 amide bonds. The molecule has 0 aliphatic heterocycles. The zero-order valence-electron chi connectivity index (χ0n) is 11.3. The second-order valence-electron chi connectivity index (χ2n) is 4.61. The monoisotopic (exact) mass is 337 g/mol. The molecule has 0 fully saturated rings. The van der Waals surface area contributed by atoms with Crippen LogP contribution in [-0.4, -0.2) is 0 Å². The lowest BCUT2D eigenvalue weighted by Crippen LogP contribution is -2.08. The van der Waals surface area contributed by atoms with Crippen molar-refractivity contribution in [2.45, 2.75) is 26.0 Å². The van der Waals surface area contributed by atoms with Crippen LogP contribution in [0.5, 0.6) is 5.75 Å². The molecule has 1 atom stereocenters. The Hall–Kier alpha value is -1.39. The largest absolute Gasteiger partial charge is 0.489 e. The van der Waals surface area contributed by atoms with Gasteiger partial charge < -0.3 is 10.5 Å². The smallest absolute Gasteiger partial charge is 0.124 e. The van der Waals surface area contributed by atoms with Gasteiger partial charge in [-0.05, 0) is 36.2 Å². The molecule has 0 unspecified atom stereocenters. The van der Waals surface area contributed by atoms with Crippen molar-refractivity contribution in [3.05, 3.63) is 63.9 Å². The summed E-state index contributed by atoms with van der Waals surface area (Å²) in [6.07, 6.45) is 0.905. The molecular formula is C16H17BrFNO. The van der Waals surface area contributed by atoms with Gasteiger partial charge in [-0.25, -0.2) is 4.39 Å². The molecule has 2 nitrogen and oxygen atoms in total. The van der Waals surface area contributed by atoms with Crippen molar-refractivity contribution >= 4 is 15.9 Å². The molecule has 0 aliphatic rings. The number of rotatable bonds is 5. The summed E-state index contributed by atoms with van der Waals surface area (Å²) < 4.78 is 19.4. The van der Waals surface area contributed by atoms with E-state index in [4.69, 9.17) is 10.5 Å². The molecule has 0 radical (unpaired) electrons. The molecule has 0 saturated heterocycles. The predicted molar refractivity (Wildman–Crippen MR) is 82.1 cm³/mol. The van der Waals surface area contributed by atoms with Crippen LogP contribution in [0, 0.1) is 5.82 Å². The first-order valence-corrected chi connectivity index (χ1v) is 7.31. The fraction of sp³-hybridized carbons (Fsp3) is 0.250. The predicted octanol–water partition coefficient (Wildman–Crippen LogP) is 4.58. The fourth-order valence-electron chi connectivity index (χ4n) is 1.85. The van der Waals surface area contributed by atoms with Crippen LogP contribution in [0.4, 0.5) is 4.39 Å². The maximum atomic E-state index is 13.0. The van der Waals surface area contributed by atoms with Gasteiger partial charge >= 0.3 is 0 Å². The first kappa shape index (κ1) is 15.0. The minimum absolute atomic E-state index is 0.0651. The average Bonchev–Trinajstić information content (AvgIpc) is 2.46. The molecule has 0 heterocycles. The number of halogens is 2. The van der Waals surface area contributed by atoms with Gasteiger partial charge in [-0.1, -0.05) is 41.1 Å². The zero-order valence-corrected chi connectivity index (χ0v) is 12.9. The van der Waals surface area contributed by atoms with Gasteiger partial charge in [0.05, 0.1) is 0 Å². The van der Waals surface area contributed by atoms with Crippen LogP contribution in [0.3, 0.4) is 0 Å². The molecule has 106 valence electrons. The van der Waals surface area contributed by atoms with Gasteiger partial charge in [-0.3, -0.25) is 0 Å². The number of hydrogen-bond acceptors (Lipinski definition) is 2. The molecule has 0 spiro atoms. The van der Waals surface area contributed by atoms with Crippen molar-refractivity contribution in [2.75, 3.05) is 0 Å². The average molecular weight is 338 g/mol. The molecule has 0 saturated carbocycles. The van der Waals surface area contributed by atoms with Gasteiger partial charge in [0.2, 0.25) is 0 Å². The van der Waals surface area contributed by atoms with E-state index in [2.05, 4.69) is 22.9 Å². The van der Waals surface area contributed by atoms with Crippen molar-refractivity contribution in [3.8, 4) is 5.75 Å². The number of ether oxygens (including phenoxy) is 1. The first-order valence-electron chi connectivity index (χ1n) is 6.52. The molecular weight excluding hydrogens is 321 g/mol.